The SMILES string of the molecule is N#Cc1cccnc1N1CCN(C(=O)c2ccc(-n3ccnc3)c([N+](=O)[O-])c2)CC1. The standard InChI is InChI=1S/C20H17N7O3/c21-13-16-2-1-5-23-19(16)24-8-10-25(11-9-24)20(28)15-3-4-17(18(12-15)27(29)30)26-7-6-22-14-26/h1-7,12,14H,8-11H2. The summed E-state index contributed by atoms with van der Waals surface area (Å²) >= 11 is 0. The highest BCUT2D eigenvalue weighted by molar-refractivity contribution is 5.95. The van der Waals surface area contributed by atoms with Gasteiger partial charge in [-0.05, 0) is 24.3 Å². The second kappa shape index (κ2) is 8.00. The molecule has 150 valence electrons. The van der Waals surface area contributed by atoms with Crippen molar-refractivity contribution in [1.29, 1.82) is 5.26 Å². The number of nitrogens with zero attached hydrogens (tertiary/aromatic N) is 7. The molecule has 2 aromatic heterocycles. The van der Waals surface area contributed by atoms with Crippen LogP contribution in [0.25, 0.3) is 5.69 Å². The van der Waals surface area contributed by atoms with E-state index in [1.54, 1.807) is 41.6 Å². The third-order valence-corrected chi connectivity index (χ3v) is 4.98. The maximum Gasteiger partial charge on any atom is 0.294 e. The average Bonchev–Trinajstić information content (AvgIpc) is 3.33. The highest BCUT2D eigenvalue weighted by atomic mass is 16.6. The van der Waals surface area contributed by atoms with E-state index in [0.29, 0.717) is 43.2 Å². The number of benzene rings is 1. The van der Waals surface area contributed by atoms with Crippen molar-refractivity contribution >= 4 is 17.4 Å². The molecule has 0 bridgehead atoms. The summed E-state index contributed by atoms with van der Waals surface area (Å²) < 4.78 is 1.53. The number of nitro groups is 1. The molecule has 0 radical (unpaired) electrons. The minimum Gasteiger partial charge on any atom is -0.352 e. The van der Waals surface area contributed by atoms with Crippen LogP contribution in [-0.2, 0) is 0 Å². The summed E-state index contributed by atoms with van der Waals surface area (Å²) in [6.07, 6.45) is 6.24. The van der Waals surface area contributed by atoms with E-state index in [2.05, 4.69) is 16.0 Å². The van der Waals surface area contributed by atoms with Crippen LogP contribution in [0, 0.1) is 21.4 Å². The second-order valence-corrected chi connectivity index (χ2v) is 6.70. The van der Waals surface area contributed by atoms with Crippen molar-refractivity contribution in [1.82, 2.24) is 19.4 Å². The van der Waals surface area contributed by atoms with Gasteiger partial charge in [0, 0.05) is 56.4 Å². The first-order valence-electron chi connectivity index (χ1n) is 9.24. The van der Waals surface area contributed by atoms with Crippen LogP contribution in [0.1, 0.15) is 15.9 Å². The van der Waals surface area contributed by atoms with E-state index in [9.17, 15) is 20.2 Å². The average molecular weight is 403 g/mol. The molecule has 1 fully saturated rings. The fourth-order valence-corrected chi connectivity index (χ4v) is 3.46. The normalized spacial score (nSPS) is 13.7. The Hall–Kier alpha value is -4.26. The number of carbonyl (C=O) groups is 1. The topological polar surface area (TPSA) is 121 Å². The van der Waals surface area contributed by atoms with Crippen LogP contribution in [0.3, 0.4) is 0 Å². The van der Waals surface area contributed by atoms with E-state index in [0.717, 1.165) is 0 Å². The van der Waals surface area contributed by atoms with E-state index in [4.69, 9.17) is 0 Å². The molecule has 0 spiro atoms. The van der Waals surface area contributed by atoms with Crippen molar-refractivity contribution in [2.45, 2.75) is 0 Å². The minimum absolute atomic E-state index is 0.162. The number of piperazine rings is 1. The lowest BCUT2D eigenvalue weighted by Crippen LogP contribution is -2.49. The van der Waals surface area contributed by atoms with Gasteiger partial charge in [0.1, 0.15) is 17.6 Å². The molecule has 1 aliphatic heterocycles. The van der Waals surface area contributed by atoms with E-state index in [1.165, 1.54) is 23.2 Å². The number of nitro benzene ring substituents is 1. The molecule has 1 amide bonds. The summed E-state index contributed by atoms with van der Waals surface area (Å²) in [6, 6.07) is 9.99. The summed E-state index contributed by atoms with van der Waals surface area (Å²) in [7, 11) is 0. The first-order valence-corrected chi connectivity index (χ1v) is 9.24. The Morgan fingerprint density at radius 2 is 1.97 bits per heavy atom. The zero-order chi connectivity index (χ0) is 21.1. The maximum atomic E-state index is 12.9. The number of pyridine rings is 1. The molecule has 0 N–H and O–H groups in total. The Morgan fingerprint density at radius 1 is 1.17 bits per heavy atom. The van der Waals surface area contributed by atoms with Crippen molar-refractivity contribution in [2.75, 3.05) is 31.1 Å². The molecule has 4 rings (SSSR count). The van der Waals surface area contributed by atoms with E-state index >= 15 is 0 Å². The Morgan fingerprint density at radius 3 is 2.63 bits per heavy atom. The zero-order valence-electron chi connectivity index (χ0n) is 15.9. The van der Waals surface area contributed by atoms with E-state index in [-0.39, 0.29) is 17.2 Å². The molecule has 10 nitrogen and oxygen atoms in total. The highest BCUT2D eigenvalue weighted by Gasteiger charge is 2.26. The molecule has 0 unspecified atom stereocenters. The Balaban J connectivity index is 1.51. The lowest BCUT2D eigenvalue weighted by molar-refractivity contribution is -0.384. The number of hydrogen-bond donors (Lipinski definition) is 0. The lowest BCUT2D eigenvalue weighted by Gasteiger charge is -2.35. The van der Waals surface area contributed by atoms with Crippen molar-refractivity contribution < 1.29 is 9.72 Å². The van der Waals surface area contributed by atoms with Gasteiger partial charge in [-0.1, -0.05) is 0 Å². The first-order chi connectivity index (χ1) is 14.6. The van der Waals surface area contributed by atoms with Crippen LogP contribution < -0.4 is 4.90 Å². The predicted octanol–water partition coefficient (Wildman–Crippen LogP) is 2.01. The van der Waals surface area contributed by atoms with Gasteiger partial charge >= 0.3 is 0 Å². The molecular formula is C20H17N7O3. The van der Waals surface area contributed by atoms with Gasteiger partial charge in [-0.3, -0.25) is 14.9 Å². The molecule has 0 saturated carbocycles. The van der Waals surface area contributed by atoms with Gasteiger partial charge in [-0.25, -0.2) is 9.97 Å². The number of amides is 1. The number of nitriles is 1. The number of imidazole rings is 1. The third-order valence-electron chi connectivity index (χ3n) is 4.98. The quantitative estimate of drug-likeness (QED) is 0.482. The van der Waals surface area contributed by atoms with Crippen molar-refractivity contribution in [2.24, 2.45) is 0 Å². The maximum absolute atomic E-state index is 12.9. The monoisotopic (exact) mass is 403 g/mol. The molecule has 3 aromatic rings. The Kier molecular flexibility index (Phi) is 5.09. The fraction of sp³-hybridized carbons (Fsp3) is 0.200. The second-order valence-electron chi connectivity index (χ2n) is 6.70. The smallest absolute Gasteiger partial charge is 0.294 e. The molecule has 1 saturated heterocycles. The van der Waals surface area contributed by atoms with Crippen LogP contribution in [0.15, 0.2) is 55.2 Å². The molecular weight excluding hydrogens is 386 g/mol. The van der Waals surface area contributed by atoms with Gasteiger partial charge in [0.2, 0.25) is 0 Å². The molecule has 1 aromatic carbocycles. The lowest BCUT2D eigenvalue weighted by atomic mass is 10.1. The molecule has 1 aliphatic rings. The summed E-state index contributed by atoms with van der Waals surface area (Å²) in [5.41, 5.74) is 0.931. The van der Waals surface area contributed by atoms with Crippen LogP contribution in [0.5, 0.6) is 0 Å². The Labute approximate surface area is 171 Å². The third kappa shape index (κ3) is 3.56. The van der Waals surface area contributed by atoms with Crippen molar-refractivity contribution in [3.05, 3.63) is 76.5 Å². The highest BCUT2D eigenvalue weighted by Crippen LogP contribution is 2.25. The number of anilines is 1. The molecule has 0 atom stereocenters. The molecule has 10 heteroatoms. The summed E-state index contributed by atoms with van der Waals surface area (Å²) in [6.45, 7) is 1.90. The number of carbonyl (C=O) groups excluding carboxylic acids is 1. The van der Waals surface area contributed by atoms with Gasteiger partial charge in [0.15, 0.2) is 0 Å². The van der Waals surface area contributed by atoms with Crippen molar-refractivity contribution in [3.63, 3.8) is 0 Å². The molecule has 0 aliphatic carbocycles. The summed E-state index contributed by atoms with van der Waals surface area (Å²) in [4.78, 5) is 35.8. The molecule has 3 heterocycles. The van der Waals surface area contributed by atoms with Crippen LogP contribution >= 0.6 is 0 Å². The zero-order valence-corrected chi connectivity index (χ0v) is 15.9. The van der Waals surface area contributed by atoms with Gasteiger partial charge in [0.05, 0.1) is 16.8 Å². The molecule has 30 heavy (non-hydrogen) atoms. The minimum atomic E-state index is -0.505. The van der Waals surface area contributed by atoms with Gasteiger partial charge in [-0.2, -0.15) is 5.26 Å². The van der Waals surface area contributed by atoms with E-state index < -0.39 is 4.92 Å². The van der Waals surface area contributed by atoms with Gasteiger partial charge in [-0.15, -0.1) is 0 Å². The number of aromatic nitrogens is 3. The largest absolute Gasteiger partial charge is 0.352 e. The summed E-state index contributed by atoms with van der Waals surface area (Å²) in [5, 5.41) is 20.8. The van der Waals surface area contributed by atoms with Crippen LogP contribution in [0.2, 0.25) is 0 Å². The van der Waals surface area contributed by atoms with Crippen LogP contribution in [-0.4, -0.2) is 56.4 Å². The Bertz CT molecular complexity index is 1130. The van der Waals surface area contributed by atoms with Gasteiger partial charge in [0.25, 0.3) is 11.6 Å². The first kappa shape index (κ1) is 19.1. The number of rotatable bonds is 4. The predicted molar refractivity (Wildman–Crippen MR) is 107 cm³/mol. The fourth-order valence-electron chi connectivity index (χ4n) is 3.46. The van der Waals surface area contributed by atoms with Gasteiger partial charge < -0.3 is 14.4 Å². The summed E-state index contributed by atoms with van der Waals surface area (Å²) in [5.74, 6) is 0.337. The van der Waals surface area contributed by atoms with Crippen LogP contribution in [0.4, 0.5) is 11.5 Å². The van der Waals surface area contributed by atoms with E-state index in [1.807, 2.05) is 4.90 Å². The number of hydrogen-bond acceptors (Lipinski definition) is 7. The van der Waals surface area contributed by atoms with Crippen molar-refractivity contribution in [3.8, 4) is 11.8 Å².